The first-order valence-corrected chi connectivity index (χ1v) is 8.62. The van der Waals surface area contributed by atoms with Crippen molar-refractivity contribution in [2.75, 3.05) is 19.8 Å². The first kappa shape index (κ1) is 17.3. The number of hydrogen-bond acceptors (Lipinski definition) is 4. The molecule has 5 nitrogen and oxygen atoms in total. The Balaban J connectivity index is 1.63. The van der Waals surface area contributed by atoms with Gasteiger partial charge in [0.1, 0.15) is 0 Å². The number of hydrogen-bond donors (Lipinski definition) is 0. The van der Waals surface area contributed by atoms with Crippen LogP contribution in [0, 0.1) is 6.92 Å². The molecule has 0 spiro atoms. The van der Waals surface area contributed by atoms with Crippen molar-refractivity contribution in [1.29, 1.82) is 0 Å². The van der Waals surface area contributed by atoms with Gasteiger partial charge >= 0.3 is 0 Å². The highest BCUT2D eigenvalue weighted by atomic mass is 16.5. The van der Waals surface area contributed by atoms with Gasteiger partial charge in [0.05, 0.1) is 30.6 Å². The van der Waals surface area contributed by atoms with E-state index in [9.17, 15) is 4.79 Å². The molecule has 25 heavy (non-hydrogen) atoms. The summed E-state index contributed by atoms with van der Waals surface area (Å²) in [5.41, 5.74) is 2.96. The molecule has 1 aromatic carbocycles. The predicted octanol–water partition coefficient (Wildman–Crippen LogP) is 2.66. The molecule has 1 unspecified atom stereocenters. The standard InChI is InChI=1S/C20H23N3O2/c1-16-19(22-12-11-21-16)9-8-18-15-25-14-13-23(18)20(24)10-7-17-5-3-2-4-6-17/h2-7,10-12,18H,8-9,13-15H2,1H3/b10-7+. The molecule has 0 N–H and O–H groups in total. The Bertz CT molecular complexity index is 731. The van der Waals surface area contributed by atoms with Crippen LogP contribution in [-0.4, -0.2) is 46.6 Å². The average Bonchev–Trinajstić information content (AvgIpc) is 2.66. The van der Waals surface area contributed by atoms with Crippen LogP contribution in [0.2, 0.25) is 0 Å². The molecule has 0 bridgehead atoms. The number of rotatable bonds is 5. The Morgan fingerprint density at radius 1 is 1.28 bits per heavy atom. The summed E-state index contributed by atoms with van der Waals surface area (Å²) >= 11 is 0. The summed E-state index contributed by atoms with van der Waals surface area (Å²) in [7, 11) is 0. The summed E-state index contributed by atoms with van der Waals surface area (Å²) in [4.78, 5) is 23.2. The van der Waals surface area contributed by atoms with Gasteiger partial charge in [0, 0.05) is 25.0 Å². The van der Waals surface area contributed by atoms with E-state index >= 15 is 0 Å². The third-order valence-electron chi connectivity index (χ3n) is 4.43. The lowest BCUT2D eigenvalue weighted by atomic mass is 10.1. The van der Waals surface area contributed by atoms with Crippen molar-refractivity contribution in [1.82, 2.24) is 14.9 Å². The zero-order valence-electron chi connectivity index (χ0n) is 14.5. The summed E-state index contributed by atoms with van der Waals surface area (Å²) in [5.74, 6) is 0.0352. The molecule has 1 fully saturated rings. The fourth-order valence-electron chi connectivity index (χ4n) is 3.00. The minimum absolute atomic E-state index is 0.0352. The summed E-state index contributed by atoms with van der Waals surface area (Å²) in [6.45, 7) is 3.75. The van der Waals surface area contributed by atoms with Crippen molar-refractivity contribution < 1.29 is 9.53 Å². The molecule has 1 aliphatic heterocycles. The fraction of sp³-hybridized carbons (Fsp3) is 0.350. The molecule has 1 atom stereocenters. The maximum atomic E-state index is 12.6. The van der Waals surface area contributed by atoms with Gasteiger partial charge in [-0.15, -0.1) is 0 Å². The largest absolute Gasteiger partial charge is 0.377 e. The van der Waals surface area contributed by atoms with Crippen LogP contribution in [-0.2, 0) is 16.0 Å². The molecule has 3 rings (SSSR count). The van der Waals surface area contributed by atoms with Gasteiger partial charge in [-0.25, -0.2) is 0 Å². The van der Waals surface area contributed by atoms with Crippen LogP contribution in [0.15, 0.2) is 48.8 Å². The number of nitrogens with zero attached hydrogens (tertiary/aromatic N) is 3. The van der Waals surface area contributed by atoms with Crippen LogP contribution in [0.4, 0.5) is 0 Å². The van der Waals surface area contributed by atoms with Gasteiger partial charge < -0.3 is 9.64 Å². The second-order valence-corrected chi connectivity index (χ2v) is 6.13. The lowest BCUT2D eigenvalue weighted by Gasteiger charge is -2.35. The number of benzene rings is 1. The molecule has 0 radical (unpaired) electrons. The van der Waals surface area contributed by atoms with Gasteiger partial charge in [-0.1, -0.05) is 30.3 Å². The summed E-state index contributed by atoms with van der Waals surface area (Å²) in [6.07, 6.45) is 8.55. The van der Waals surface area contributed by atoms with E-state index in [1.165, 1.54) is 0 Å². The second kappa shape index (κ2) is 8.53. The zero-order valence-corrected chi connectivity index (χ0v) is 14.5. The monoisotopic (exact) mass is 337 g/mol. The quantitative estimate of drug-likeness (QED) is 0.787. The van der Waals surface area contributed by atoms with Gasteiger partial charge in [0.15, 0.2) is 0 Å². The van der Waals surface area contributed by atoms with Gasteiger partial charge in [0.2, 0.25) is 5.91 Å². The molecular weight excluding hydrogens is 314 g/mol. The second-order valence-electron chi connectivity index (χ2n) is 6.13. The molecule has 2 heterocycles. The topological polar surface area (TPSA) is 55.3 Å². The van der Waals surface area contributed by atoms with E-state index in [4.69, 9.17) is 4.74 Å². The van der Waals surface area contributed by atoms with E-state index in [-0.39, 0.29) is 11.9 Å². The Morgan fingerprint density at radius 2 is 2.08 bits per heavy atom. The average molecular weight is 337 g/mol. The summed E-state index contributed by atoms with van der Waals surface area (Å²) < 4.78 is 5.59. The SMILES string of the molecule is Cc1nccnc1CCC1COCCN1C(=O)/C=C/c1ccccc1. The molecule has 5 heteroatoms. The Morgan fingerprint density at radius 3 is 2.88 bits per heavy atom. The number of morpholine rings is 1. The Labute approximate surface area is 148 Å². The van der Waals surface area contributed by atoms with E-state index in [0.29, 0.717) is 19.8 Å². The van der Waals surface area contributed by atoms with Crippen LogP contribution in [0.3, 0.4) is 0 Å². The van der Waals surface area contributed by atoms with E-state index in [1.54, 1.807) is 18.5 Å². The van der Waals surface area contributed by atoms with Gasteiger partial charge in [-0.05, 0) is 31.4 Å². The highest BCUT2D eigenvalue weighted by Gasteiger charge is 2.26. The Kier molecular flexibility index (Phi) is 5.90. The van der Waals surface area contributed by atoms with Crippen molar-refractivity contribution in [2.24, 2.45) is 0 Å². The minimum Gasteiger partial charge on any atom is -0.377 e. The maximum absolute atomic E-state index is 12.6. The fourth-order valence-corrected chi connectivity index (χ4v) is 3.00. The molecule has 1 amide bonds. The van der Waals surface area contributed by atoms with Crippen molar-refractivity contribution in [3.63, 3.8) is 0 Å². The van der Waals surface area contributed by atoms with Crippen LogP contribution in [0.25, 0.3) is 6.08 Å². The first-order chi connectivity index (χ1) is 12.2. The van der Waals surface area contributed by atoms with Gasteiger partial charge in [-0.2, -0.15) is 0 Å². The molecule has 0 saturated carbocycles. The number of aryl methyl sites for hydroxylation is 2. The lowest BCUT2D eigenvalue weighted by molar-refractivity contribution is -0.134. The van der Waals surface area contributed by atoms with Crippen molar-refractivity contribution in [3.8, 4) is 0 Å². The van der Waals surface area contributed by atoms with Crippen LogP contribution in [0.1, 0.15) is 23.4 Å². The first-order valence-electron chi connectivity index (χ1n) is 8.62. The summed E-state index contributed by atoms with van der Waals surface area (Å²) in [5, 5.41) is 0. The number of carbonyl (C=O) groups is 1. The molecule has 130 valence electrons. The summed E-state index contributed by atoms with van der Waals surface area (Å²) in [6, 6.07) is 9.93. The smallest absolute Gasteiger partial charge is 0.246 e. The van der Waals surface area contributed by atoms with E-state index in [2.05, 4.69) is 9.97 Å². The van der Waals surface area contributed by atoms with Crippen LogP contribution < -0.4 is 0 Å². The van der Waals surface area contributed by atoms with Crippen molar-refractivity contribution >= 4 is 12.0 Å². The van der Waals surface area contributed by atoms with Crippen molar-refractivity contribution in [2.45, 2.75) is 25.8 Å². The van der Waals surface area contributed by atoms with Gasteiger partial charge in [0.25, 0.3) is 0 Å². The van der Waals surface area contributed by atoms with Crippen molar-refractivity contribution in [3.05, 3.63) is 65.8 Å². The normalized spacial score (nSPS) is 17.8. The number of carbonyl (C=O) groups excluding carboxylic acids is 1. The molecule has 1 aliphatic rings. The highest BCUT2D eigenvalue weighted by molar-refractivity contribution is 5.92. The Hall–Kier alpha value is -2.53. The minimum atomic E-state index is 0.0352. The predicted molar refractivity (Wildman–Crippen MR) is 96.9 cm³/mol. The molecule has 1 aromatic heterocycles. The molecular formula is C20H23N3O2. The molecule has 0 aliphatic carbocycles. The van der Waals surface area contributed by atoms with E-state index in [0.717, 1.165) is 29.8 Å². The molecule has 2 aromatic rings. The van der Waals surface area contributed by atoms with Crippen LogP contribution in [0.5, 0.6) is 0 Å². The number of amides is 1. The third-order valence-corrected chi connectivity index (χ3v) is 4.43. The number of aromatic nitrogens is 2. The van der Waals surface area contributed by atoms with E-state index in [1.807, 2.05) is 48.2 Å². The lowest BCUT2D eigenvalue weighted by Crippen LogP contribution is -2.48. The number of ether oxygens (including phenoxy) is 1. The van der Waals surface area contributed by atoms with Crippen LogP contribution >= 0.6 is 0 Å². The van der Waals surface area contributed by atoms with Gasteiger partial charge in [-0.3, -0.25) is 14.8 Å². The van der Waals surface area contributed by atoms with E-state index < -0.39 is 0 Å². The maximum Gasteiger partial charge on any atom is 0.246 e. The highest BCUT2D eigenvalue weighted by Crippen LogP contribution is 2.15. The molecule has 1 saturated heterocycles. The third kappa shape index (κ3) is 4.73. The zero-order chi connectivity index (χ0) is 17.5.